The Hall–Kier alpha value is -2.44. The zero-order valence-corrected chi connectivity index (χ0v) is 21.2. The number of hydrogen-bond acceptors (Lipinski definition) is 11. The molecule has 35 heavy (non-hydrogen) atoms. The number of aliphatic hydroxyl groups is 1. The molecular weight excluding hydrogens is 464 g/mol. The number of hydrogen-bond donors (Lipinski definition) is 2. The van der Waals surface area contributed by atoms with E-state index < -0.39 is 0 Å². The summed E-state index contributed by atoms with van der Waals surface area (Å²) < 4.78 is 6.86. The van der Waals surface area contributed by atoms with Gasteiger partial charge in [0.25, 0.3) is 0 Å². The summed E-state index contributed by atoms with van der Waals surface area (Å²) in [7, 11) is 2.04. The third-order valence-corrected chi connectivity index (χ3v) is 8.04. The van der Waals surface area contributed by atoms with E-state index >= 15 is 0 Å². The van der Waals surface area contributed by atoms with Crippen LogP contribution in [0.2, 0.25) is 0 Å². The first-order valence-electron chi connectivity index (χ1n) is 12.3. The predicted molar refractivity (Wildman–Crippen MR) is 138 cm³/mol. The Balaban J connectivity index is 1.51. The normalized spacial score (nSPS) is 20.0. The Labute approximate surface area is 209 Å². The molecule has 3 aromatic heterocycles. The lowest BCUT2D eigenvalue weighted by Crippen LogP contribution is -2.46. The average molecular weight is 499 g/mol. The molecule has 3 N–H and O–H groups in total. The first-order valence-corrected chi connectivity index (χ1v) is 13.2. The van der Waals surface area contributed by atoms with Crippen molar-refractivity contribution in [3.8, 4) is 11.3 Å². The second-order valence-corrected chi connectivity index (χ2v) is 10.2. The fraction of sp³-hybridized carbons (Fsp3) is 0.583. The van der Waals surface area contributed by atoms with Gasteiger partial charge in [-0.15, -0.1) is 11.3 Å². The van der Waals surface area contributed by atoms with Crippen LogP contribution in [0, 0.1) is 0 Å². The highest BCUT2D eigenvalue weighted by Gasteiger charge is 2.39. The number of nitrogens with zero attached hydrogens (tertiary/aromatic N) is 7. The molecule has 2 aliphatic rings. The highest BCUT2D eigenvalue weighted by atomic mass is 32.1. The van der Waals surface area contributed by atoms with Gasteiger partial charge in [0.15, 0.2) is 0 Å². The summed E-state index contributed by atoms with van der Waals surface area (Å²) in [5.74, 6) is 1.02. The lowest BCUT2D eigenvalue weighted by Gasteiger charge is -2.34. The maximum absolute atomic E-state index is 9.20. The highest BCUT2D eigenvalue weighted by Crippen LogP contribution is 2.38. The van der Waals surface area contributed by atoms with E-state index in [0.717, 1.165) is 79.7 Å². The molecule has 0 saturated carbocycles. The number of ether oxygens (including phenoxy) is 1. The zero-order chi connectivity index (χ0) is 24.4. The van der Waals surface area contributed by atoms with E-state index in [4.69, 9.17) is 20.4 Å². The zero-order valence-electron chi connectivity index (χ0n) is 20.4. The van der Waals surface area contributed by atoms with Gasteiger partial charge in [-0.3, -0.25) is 4.90 Å². The Kier molecular flexibility index (Phi) is 7.40. The SMILES string of the molecule is CCN(CCN(C)CCO)Cc1csc2c(-c3cnc(N)nc3)nc(N3C4CCC3COC4)nc12. The van der Waals surface area contributed by atoms with E-state index in [-0.39, 0.29) is 12.6 Å². The van der Waals surface area contributed by atoms with Crippen LogP contribution in [-0.4, -0.2) is 100.0 Å². The second kappa shape index (κ2) is 10.7. The van der Waals surface area contributed by atoms with Crippen LogP contribution >= 0.6 is 11.3 Å². The molecule has 3 aromatic rings. The number of aliphatic hydroxyl groups excluding tert-OH is 1. The van der Waals surface area contributed by atoms with Gasteiger partial charge in [0.1, 0.15) is 0 Å². The van der Waals surface area contributed by atoms with Crippen molar-refractivity contribution in [1.29, 1.82) is 0 Å². The van der Waals surface area contributed by atoms with Gasteiger partial charge in [-0.05, 0) is 31.8 Å². The van der Waals surface area contributed by atoms with Crippen molar-refractivity contribution in [3.63, 3.8) is 0 Å². The fourth-order valence-corrected chi connectivity index (χ4v) is 5.99. The Morgan fingerprint density at radius 3 is 2.57 bits per heavy atom. The molecule has 2 unspecified atom stereocenters. The Bertz CT molecular complexity index is 1120. The molecule has 0 aliphatic carbocycles. The van der Waals surface area contributed by atoms with Gasteiger partial charge in [-0.1, -0.05) is 6.92 Å². The Morgan fingerprint density at radius 1 is 1.14 bits per heavy atom. The monoisotopic (exact) mass is 498 g/mol. The maximum Gasteiger partial charge on any atom is 0.227 e. The third kappa shape index (κ3) is 5.10. The van der Waals surface area contributed by atoms with Gasteiger partial charge in [0, 0.05) is 49.7 Å². The third-order valence-electron chi connectivity index (χ3n) is 7.01. The van der Waals surface area contributed by atoms with Crippen molar-refractivity contribution < 1.29 is 9.84 Å². The quantitative estimate of drug-likeness (QED) is 0.429. The van der Waals surface area contributed by atoms with E-state index in [2.05, 4.69) is 37.0 Å². The molecule has 10 nitrogen and oxygen atoms in total. The highest BCUT2D eigenvalue weighted by molar-refractivity contribution is 7.17. The molecular formula is C24H34N8O2S. The van der Waals surface area contributed by atoms with Gasteiger partial charge in [-0.25, -0.2) is 19.9 Å². The van der Waals surface area contributed by atoms with Crippen LogP contribution in [0.4, 0.5) is 11.9 Å². The van der Waals surface area contributed by atoms with Gasteiger partial charge >= 0.3 is 0 Å². The molecule has 2 aliphatic heterocycles. The van der Waals surface area contributed by atoms with Crippen LogP contribution < -0.4 is 10.6 Å². The lowest BCUT2D eigenvalue weighted by atomic mass is 10.2. The molecule has 0 aromatic carbocycles. The molecule has 5 rings (SSSR count). The van der Waals surface area contributed by atoms with Crippen molar-refractivity contribution in [1.82, 2.24) is 29.7 Å². The average Bonchev–Trinajstić information content (AvgIpc) is 3.38. The van der Waals surface area contributed by atoms with E-state index in [9.17, 15) is 5.11 Å². The number of fused-ring (bicyclic) bond motifs is 3. The van der Waals surface area contributed by atoms with Gasteiger partial charge in [0.05, 0.1) is 47.8 Å². The van der Waals surface area contributed by atoms with Gasteiger partial charge in [0.2, 0.25) is 11.9 Å². The van der Waals surface area contributed by atoms with Crippen LogP contribution in [0.1, 0.15) is 25.3 Å². The van der Waals surface area contributed by atoms with Gasteiger partial charge < -0.3 is 25.4 Å². The van der Waals surface area contributed by atoms with Crippen LogP contribution in [0.25, 0.3) is 21.5 Å². The summed E-state index contributed by atoms with van der Waals surface area (Å²) in [4.78, 5) is 25.6. The van der Waals surface area contributed by atoms with E-state index in [1.54, 1.807) is 23.7 Å². The minimum atomic E-state index is 0.179. The van der Waals surface area contributed by atoms with Crippen molar-refractivity contribution in [2.45, 2.75) is 38.4 Å². The molecule has 2 fully saturated rings. The summed E-state index contributed by atoms with van der Waals surface area (Å²) in [5, 5.41) is 11.4. The predicted octanol–water partition coefficient (Wildman–Crippen LogP) is 1.84. The number of likely N-dealkylation sites (N-methyl/N-ethyl adjacent to an activating group) is 2. The topological polar surface area (TPSA) is 117 Å². The number of nitrogens with two attached hydrogens (primary N) is 1. The Morgan fingerprint density at radius 2 is 1.89 bits per heavy atom. The first-order chi connectivity index (χ1) is 17.1. The lowest BCUT2D eigenvalue weighted by molar-refractivity contribution is 0.0898. The van der Waals surface area contributed by atoms with E-state index in [1.165, 1.54) is 5.56 Å². The van der Waals surface area contributed by atoms with Crippen molar-refractivity contribution in [2.24, 2.45) is 0 Å². The van der Waals surface area contributed by atoms with Crippen molar-refractivity contribution in [3.05, 3.63) is 23.3 Å². The van der Waals surface area contributed by atoms with Crippen LogP contribution in [0.3, 0.4) is 0 Å². The molecule has 11 heteroatoms. The number of anilines is 2. The van der Waals surface area contributed by atoms with Crippen LogP contribution in [0.5, 0.6) is 0 Å². The summed E-state index contributed by atoms with van der Waals surface area (Å²) >= 11 is 1.67. The largest absolute Gasteiger partial charge is 0.395 e. The molecule has 0 radical (unpaired) electrons. The summed E-state index contributed by atoms with van der Waals surface area (Å²) in [6, 6.07) is 0.635. The fourth-order valence-electron chi connectivity index (χ4n) is 4.98. The van der Waals surface area contributed by atoms with Crippen LogP contribution in [-0.2, 0) is 11.3 Å². The molecule has 2 atom stereocenters. The molecule has 0 spiro atoms. The van der Waals surface area contributed by atoms with E-state index in [1.807, 2.05) is 7.05 Å². The molecule has 188 valence electrons. The maximum atomic E-state index is 9.20. The first kappa shape index (κ1) is 24.3. The molecule has 0 amide bonds. The number of aromatic nitrogens is 4. The minimum absolute atomic E-state index is 0.179. The number of thiophene rings is 1. The number of nitrogen functional groups attached to an aromatic ring is 1. The van der Waals surface area contributed by atoms with Gasteiger partial charge in [-0.2, -0.15) is 0 Å². The number of morpholine rings is 1. The standard InChI is InChI=1S/C24H34N8O2S/c1-3-31(7-6-30(2)8-9-33)12-17-15-35-22-20(16-10-26-23(25)27-11-16)28-24(29-21(17)22)32-18-4-5-19(32)14-34-13-18/h10-11,15,18-19,33H,3-9,12-14H2,1-2H3,(H2,25,26,27). The summed E-state index contributed by atoms with van der Waals surface area (Å²) in [6.07, 6.45) is 5.70. The van der Waals surface area contributed by atoms with Crippen LogP contribution in [0.15, 0.2) is 17.8 Å². The summed E-state index contributed by atoms with van der Waals surface area (Å²) in [6.45, 7) is 8.07. The second-order valence-electron chi connectivity index (χ2n) is 9.37. The summed E-state index contributed by atoms with van der Waals surface area (Å²) in [5.41, 5.74) is 9.67. The van der Waals surface area contributed by atoms with Crippen molar-refractivity contribution in [2.75, 3.05) is 63.7 Å². The smallest absolute Gasteiger partial charge is 0.227 e. The molecule has 5 heterocycles. The minimum Gasteiger partial charge on any atom is -0.395 e. The van der Waals surface area contributed by atoms with Crippen molar-refractivity contribution >= 4 is 33.5 Å². The number of rotatable bonds is 10. The van der Waals surface area contributed by atoms with E-state index in [0.29, 0.717) is 18.6 Å². The molecule has 2 saturated heterocycles. The molecule has 2 bridgehead atoms.